The first-order valence-corrected chi connectivity index (χ1v) is 10.00. The minimum absolute atomic E-state index is 0.0631. The first-order valence-electron chi connectivity index (χ1n) is 9.62. The average molecular weight is 377 g/mol. The van der Waals surface area contributed by atoms with E-state index in [-0.39, 0.29) is 5.75 Å². The number of rotatable bonds is 3. The van der Waals surface area contributed by atoms with Gasteiger partial charge in [0.25, 0.3) is 5.79 Å². The minimum Gasteiger partial charge on any atom is -0.506 e. The lowest BCUT2D eigenvalue weighted by molar-refractivity contribution is -0.645. The summed E-state index contributed by atoms with van der Waals surface area (Å²) in [6.07, 6.45) is 9.75. The zero-order valence-electron chi connectivity index (χ0n) is 15.2. The van der Waals surface area contributed by atoms with Crippen molar-refractivity contribution in [3.63, 3.8) is 0 Å². The Morgan fingerprint density at radius 2 is 1.77 bits per heavy atom. The van der Waals surface area contributed by atoms with Gasteiger partial charge in [-0.1, -0.05) is 35.9 Å². The number of halogens is 1. The van der Waals surface area contributed by atoms with Gasteiger partial charge in [0, 0.05) is 18.2 Å². The molecule has 1 unspecified atom stereocenters. The Morgan fingerprint density at radius 1 is 1.12 bits per heavy atom. The number of ether oxygens (including phenoxy) is 1. The quantitative estimate of drug-likeness (QED) is 0.751. The van der Waals surface area contributed by atoms with Crippen LogP contribution in [0.15, 0.2) is 18.2 Å². The van der Waals surface area contributed by atoms with E-state index in [9.17, 15) is 5.11 Å². The molecule has 6 rings (SSSR count). The standard InChI is InChI=1S/C21H25ClO4/c1-3-4-14-5-6-17(18(22)19(14)23)21(24-2)20(25-26-21)15-8-12-7-13(10-15)11-16(20)9-12/h3-6,12-13,15-16,23H,7-11H2,1-2H3/b4-3+. The van der Waals surface area contributed by atoms with Gasteiger partial charge in [-0.2, -0.15) is 4.89 Å². The summed E-state index contributed by atoms with van der Waals surface area (Å²) >= 11 is 6.61. The molecule has 5 fully saturated rings. The first kappa shape index (κ1) is 17.1. The second-order valence-electron chi connectivity index (χ2n) is 8.45. The molecule has 4 bridgehead atoms. The van der Waals surface area contributed by atoms with Gasteiger partial charge in [0.1, 0.15) is 5.75 Å². The molecular weight excluding hydrogens is 352 g/mol. The Hall–Kier alpha value is -1.07. The highest BCUT2D eigenvalue weighted by Crippen LogP contribution is 2.70. The summed E-state index contributed by atoms with van der Waals surface area (Å²) < 4.78 is 6.01. The summed E-state index contributed by atoms with van der Waals surface area (Å²) in [5.74, 6) is 1.47. The largest absolute Gasteiger partial charge is 0.506 e. The number of hydrogen-bond acceptors (Lipinski definition) is 4. The third-order valence-electron chi connectivity index (χ3n) is 7.30. The van der Waals surface area contributed by atoms with Gasteiger partial charge in [-0.25, -0.2) is 4.89 Å². The maximum Gasteiger partial charge on any atom is 0.262 e. The van der Waals surface area contributed by atoms with Gasteiger partial charge in [-0.05, 0) is 62.7 Å². The number of benzene rings is 1. The normalized spacial score (nSPS) is 43.3. The second kappa shape index (κ2) is 5.71. The van der Waals surface area contributed by atoms with Gasteiger partial charge in [0.05, 0.1) is 5.02 Å². The molecule has 26 heavy (non-hydrogen) atoms. The number of hydrogen-bond donors (Lipinski definition) is 1. The molecule has 0 aromatic heterocycles. The topological polar surface area (TPSA) is 47.9 Å². The summed E-state index contributed by atoms with van der Waals surface area (Å²) in [4.78, 5) is 11.7. The molecule has 5 heteroatoms. The monoisotopic (exact) mass is 376 g/mol. The molecule has 1 heterocycles. The predicted molar refractivity (Wildman–Crippen MR) is 98.5 cm³/mol. The maximum atomic E-state index is 10.6. The third kappa shape index (κ3) is 1.91. The van der Waals surface area contributed by atoms with Crippen LogP contribution in [0, 0.1) is 23.7 Å². The van der Waals surface area contributed by atoms with Gasteiger partial charge < -0.3 is 9.84 Å². The zero-order valence-corrected chi connectivity index (χ0v) is 16.0. The number of methoxy groups -OCH3 is 1. The third-order valence-corrected chi connectivity index (χ3v) is 7.68. The van der Waals surface area contributed by atoms with Crippen LogP contribution >= 0.6 is 11.6 Å². The van der Waals surface area contributed by atoms with E-state index in [0.29, 0.717) is 28.0 Å². The van der Waals surface area contributed by atoms with Crippen molar-refractivity contribution in [2.24, 2.45) is 23.7 Å². The molecule has 5 aliphatic rings. The predicted octanol–water partition coefficient (Wildman–Crippen LogP) is 5.03. The minimum atomic E-state index is -1.04. The van der Waals surface area contributed by atoms with Crippen LogP contribution in [0.4, 0.5) is 0 Å². The van der Waals surface area contributed by atoms with E-state index in [1.54, 1.807) is 7.11 Å². The number of allylic oxidation sites excluding steroid dienone is 1. The zero-order chi connectivity index (χ0) is 18.1. The molecule has 4 saturated carbocycles. The van der Waals surface area contributed by atoms with E-state index in [0.717, 1.165) is 11.8 Å². The smallest absolute Gasteiger partial charge is 0.262 e. The molecule has 1 aromatic rings. The summed E-state index contributed by atoms with van der Waals surface area (Å²) in [6, 6.07) is 3.78. The van der Waals surface area contributed by atoms with E-state index in [4.69, 9.17) is 26.1 Å². The summed E-state index contributed by atoms with van der Waals surface area (Å²) in [6.45, 7) is 1.91. The fourth-order valence-electron chi connectivity index (χ4n) is 6.48. The van der Waals surface area contributed by atoms with Crippen LogP contribution < -0.4 is 0 Å². The van der Waals surface area contributed by atoms with Crippen molar-refractivity contribution in [3.05, 3.63) is 34.4 Å². The fraction of sp³-hybridized carbons (Fsp3) is 0.619. The van der Waals surface area contributed by atoms with Gasteiger partial charge in [0.2, 0.25) is 0 Å². The van der Waals surface area contributed by atoms with E-state index >= 15 is 0 Å². The highest BCUT2D eigenvalue weighted by molar-refractivity contribution is 6.33. The van der Waals surface area contributed by atoms with Gasteiger partial charge in [-0.3, -0.25) is 0 Å². The lowest BCUT2D eigenvalue weighted by atomic mass is 9.47. The molecule has 4 aliphatic carbocycles. The second-order valence-corrected chi connectivity index (χ2v) is 8.83. The fourth-order valence-corrected chi connectivity index (χ4v) is 6.77. The van der Waals surface area contributed by atoms with E-state index in [1.165, 1.54) is 32.1 Å². The van der Waals surface area contributed by atoms with Crippen LogP contribution in [-0.4, -0.2) is 17.8 Å². The van der Waals surface area contributed by atoms with Crippen LogP contribution in [0.5, 0.6) is 5.75 Å². The molecule has 140 valence electrons. The highest BCUT2D eigenvalue weighted by atomic mass is 35.5. The van der Waals surface area contributed by atoms with Crippen LogP contribution in [0.25, 0.3) is 6.08 Å². The van der Waals surface area contributed by atoms with Crippen molar-refractivity contribution in [1.29, 1.82) is 0 Å². The Bertz CT molecular complexity index is 742. The molecule has 1 N–H and O–H groups in total. The molecule has 1 aliphatic heterocycles. The van der Waals surface area contributed by atoms with E-state index in [2.05, 4.69) is 0 Å². The van der Waals surface area contributed by atoms with Crippen molar-refractivity contribution in [1.82, 2.24) is 0 Å². The van der Waals surface area contributed by atoms with E-state index in [1.807, 2.05) is 31.2 Å². The Balaban J connectivity index is 1.62. The summed E-state index contributed by atoms with van der Waals surface area (Å²) in [7, 11) is 1.66. The van der Waals surface area contributed by atoms with Crippen molar-refractivity contribution >= 4 is 17.7 Å². The molecule has 0 radical (unpaired) electrons. The van der Waals surface area contributed by atoms with Gasteiger partial charge in [0.15, 0.2) is 5.60 Å². The number of phenolic OH excluding ortho intramolecular Hbond substituents is 1. The molecule has 1 aromatic carbocycles. The molecule has 1 atom stereocenters. The lowest BCUT2D eigenvalue weighted by Gasteiger charge is -2.68. The Kier molecular flexibility index (Phi) is 3.75. The molecule has 1 saturated heterocycles. The number of aromatic hydroxyl groups is 1. The highest BCUT2D eigenvalue weighted by Gasteiger charge is 2.77. The summed E-state index contributed by atoms with van der Waals surface area (Å²) in [5, 5.41) is 10.9. The van der Waals surface area contributed by atoms with Crippen molar-refractivity contribution in [3.8, 4) is 5.75 Å². The molecule has 1 spiro atoms. The molecule has 0 amide bonds. The molecule has 4 nitrogen and oxygen atoms in total. The van der Waals surface area contributed by atoms with Gasteiger partial charge in [-0.15, -0.1) is 0 Å². The SMILES string of the molecule is C/C=C/c1ccc(C2(OC)OOC23C2CC4CC(C2)CC3C4)c(Cl)c1O. The number of phenols is 1. The Labute approximate surface area is 159 Å². The van der Waals surface area contributed by atoms with Crippen molar-refractivity contribution in [2.75, 3.05) is 7.11 Å². The van der Waals surface area contributed by atoms with Crippen LogP contribution in [-0.2, 0) is 20.3 Å². The van der Waals surface area contributed by atoms with Crippen molar-refractivity contribution < 1.29 is 19.6 Å². The van der Waals surface area contributed by atoms with E-state index < -0.39 is 11.4 Å². The Morgan fingerprint density at radius 3 is 2.27 bits per heavy atom. The van der Waals surface area contributed by atoms with Crippen LogP contribution in [0.1, 0.15) is 50.2 Å². The van der Waals surface area contributed by atoms with Crippen LogP contribution in [0.3, 0.4) is 0 Å². The average Bonchev–Trinajstić information content (AvgIpc) is 2.60. The first-order chi connectivity index (χ1) is 12.6. The van der Waals surface area contributed by atoms with Crippen LogP contribution in [0.2, 0.25) is 5.02 Å². The van der Waals surface area contributed by atoms with Gasteiger partial charge >= 0.3 is 0 Å². The molecular formula is C21H25ClO4. The lowest BCUT2D eigenvalue weighted by Crippen LogP contribution is -2.76. The van der Waals surface area contributed by atoms with Crippen molar-refractivity contribution in [2.45, 2.75) is 50.4 Å². The maximum absolute atomic E-state index is 10.6. The summed E-state index contributed by atoms with van der Waals surface area (Å²) in [5.41, 5.74) is 0.867.